The van der Waals surface area contributed by atoms with Crippen LogP contribution in [-0.2, 0) is 6.54 Å². The Bertz CT molecular complexity index is 503. The average Bonchev–Trinajstić information content (AvgIpc) is 2.34. The molecule has 0 aliphatic heterocycles. The van der Waals surface area contributed by atoms with Gasteiger partial charge >= 0.3 is 0 Å². The van der Waals surface area contributed by atoms with E-state index in [4.69, 9.17) is 5.73 Å². The molecule has 0 spiro atoms. The van der Waals surface area contributed by atoms with E-state index in [9.17, 15) is 0 Å². The normalized spacial score (nSPS) is 10.3. The predicted molar refractivity (Wildman–Crippen MR) is 71.3 cm³/mol. The summed E-state index contributed by atoms with van der Waals surface area (Å²) in [5.74, 6) is 0.842. The Morgan fingerprint density at radius 1 is 1.18 bits per heavy atom. The molecule has 88 valence electrons. The number of anilines is 2. The zero-order chi connectivity index (χ0) is 12.3. The van der Waals surface area contributed by atoms with Crippen LogP contribution >= 0.6 is 0 Å². The van der Waals surface area contributed by atoms with Crippen LogP contribution in [0.15, 0.2) is 36.5 Å². The smallest absolute Gasteiger partial charge is 0.130 e. The minimum absolute atomic E-state index is 0.525. The van der Waals surface area contributed by atoms with E-state index in [2.05, 4.69) is 42.3 Å². The van der Waals surface area contributed by atoms with Gasteiger partial charge in [0.15, 0.2) is 0 Å². The molecule has 3 N–H and O–H groups in total. The number of nitrogens with zero attached hydrogens (tertiary/aromatic N) is 1. The molecule has 0 saturated carbocycles. The van der Waals surface area contributed by atoms with Crippen molar-refractivity contribution in [3.05, 3.63) is 53.2 Å². The van der Waals surface area contributed by atoms with Gasteiger partial charge in [0.1, 0.15) is 5.82 Å². The Balaban J connectivity index is 2.19. The highest BCUT2D eigenvalue weighted by molar-refractivity contribution is 5.60. The van der Waals surface area contributed by atoms with Gasteiger partial charge in [-0.15, -0.1) is 0 Å². The van der Waals surface area contributed by atoms with Crippen molar-refractivity contribution in [2.24, 2.45) is 5.73 Å². The van der Waals surface area contributed by atoms with E-state index in [0.29, 0.717) is 6.54 Å². The van der Waals surface area contributed by atoms with Crippen LogP contribution in [0.4, 0.5) is 11.5 Å². The second-order valence-corrected chi connectivity index (χ2v) is 4.20. The van der Waals surface area contributed by atoms with Gasteiger partial charge in [-0.05, 0) is 37.1 Å². The predicted octanol–water partition coefficient (Wildman–Crippen LogP) is 2.90. The van der Waals surface area contributed by atoms with Crippen LogP contribution in [0, 0.1) is 13.8 Å². The van der Waals surface area contributed by atoms with E-state index in [1.807, 2.05) is 12.1 Å². The van der Waals surface area contributed by atoms with E-state index in [1.165, 1.54) is 11.1 Å². The maximum absolute atomic E-state index is 5.53. The van der Waals surface area contributed by atoms with E-state index in [1.54, 1.807) is 6.20 Å². The molecule has 1 aromatic carbocycles. The summed E-state index contributed by atoms with van der Waals surface area (Å²) >= 11 is 0. The summed E-state index contributed by atoms with van der Waals surface area (Å²) < 4.78 is 0. The summed E-state index contributed by atoms with van der Waals surface area (Å²) in [7, 11) is 0. The lowest BCUT2D eigenvalue weighted by molar-refractivity contribution is 1.05. The van der Waals surface area contributed by atoms with Crippen molar-refractivity contribution in [3.63, 3.8) is 0 Å². The number of hydrogen-bond acceptors (Lipinski definition) is 3. The SMILES string of the molecule is Cc1ccc(Nc2ccc(CN)cn2)c(C)c1. The third-order valence-corrected chi connectivity index (χ3v) is 2.71. The Morgan fingerprint density at radius 2 is 2.00 bits per heavy atom. The topological polar surface area (TPSA) is 50.9 Å². The first-order valence-electron chi connectivity index (χ1n) is 5.68. The zero-order valence-electron chi connectivity index (χ0n) is 10.2. The first kappa shape index (κ1) is 11.6. The minimum Gasteiger partial charge on any atom is -0.340 e. The molecule has 0 aliphatic carbocycles. The van der Waals surface area contributed by atoms with Crippen LogP contribution in [0.25, 0.3) is 0 Å². The van der Waals surface area contributed by atoms with Crippen LogP contribution in [0.3, 0.4) is 0 Å². The monoisotopic (exact) mass is 227 g/mol. The van der Waals surface area contributed by atoms with Gasteiger partial charge in [-0.3, -0.25) is 0 Å². The molecular weight excluding hydrogens is 210 g/mol. The van der Waals surface area contributed by atoms with E-state index >= 15 is 0 Å². The number of benzene rings is 1. The number of aryl methyl sites for hydroxylation is 2. The van der Waals surface area contributed by atoms with E-state index in [-0.39, 0.29) is 0 Å². The highest BCUT2D eigenvalue weighted by atomic mass is 15.0. The van der Waals surface area contributed by atoms with Crippen molar-refractivity contribution in [1.29, 1.82) is 0 Å². The standard InChI is InChI=1S/C14H17N3/c1-10-3-5-13(11(2)7-10)17-14-6-4-12(8-15)9-16-14/h3-7,9H,8,15H2,1-2H3,(H,16,17). The molecule has 3 nitrogen and oxygen atoms in total. The molecule has 0 unspecified atom stereocenters. The first-order valence-corrected chi connectivity index (χ1v) is 5.68. The molecule has 3 heteroatoms. The molecule has 1 aromatic heterocycles. The molecule has 0 aliphatic rings. The van der Waals surface area contributed by atoms with Gasteiger partial charge in [0.2, 0.25) is 0 Å². The van der Waals surface area contributed by atoms with Crippen LogP contribution in [0.2, 0.25) is 0 Å². The summed E-state index contributed by atoms with van der Waals surface area (Å²) in [6.45, 7) is 4.70. The van der Waals surface area contributed by atoms with Gasteiger partial charge < -0.3 is 11.1 Å². The summed E-state index contributed by atoms with van der Waals surface area (Å²) in [4.78, 5) is 4.32. The number of pyridine rings is 1. The van der Waals surface area contributed by atoms with Crippen molar-refractivity contribution < 1.29 is 0 Å². The number of hydrogen-bond donors (Lipinski definition) is 2. The zero-order valence-corrected chi connectivity index (χ0v) is 10.2. The quantitative estimate of drug-likeness (QED) is 0.847. The van der Waals surface area contributed by atoms with Crippen molar-refractivity contribution >= 4 is 11.5 Å². The Morgan fingerprint density at radius 3 is 2.59 bits per heavy atom. The Hall–Kier alpha value is -1.87. The summed E-state index contributed by atoms with van der Waals surface area (Å²) in [5.41, 5.74) is 10.1. The molecule has 2 aromatic rings. The second kappa shape index (κ2) is 4.97. The summed E-state index contributed by atoms with van der Waals surface area (Å²) in [6, 6.07) is 10.2. The molecule has 0 radical (unpaired) electrons. The molecule has 2 rings (SSSR count). The third kappa shape index (κ3) is 2.82. The van der Waals surface area contributed by atoms with Gasteiger partial charge in [0.05, 0.1) is 0 Å². The van der Waals surface area contributed by atoms with Crippen LogP contribution in [0.5, 0.6) is 0 Å². The lowest BCUT2D eigenvalue weighted by atomic mass is 10.1. The van der Waals surface area contributed by atoms with Gasteiger partial charge in [-0.25, -0.2) is 4.98 Å². The van der Waals surface area contributed by atoms with Gasteiger partial charge in [-0.2, -0.15) is 0 Å². The van der Waals surface area contributed by atoms with E-state index < -0.39 is 0 Å². The first-order chi connectivity index (χ1) is 8.19. The van der Waals surface area contributed by atoms with Crippen LogP contribution < -0.4 is 11.1 Å². The van der Waals surface area contributed by atoms with Crippen molar-refractivity contribution in [1.82, 2.24) is 4.98 Å². The fourth-order valence-corrected chi connectivity index (χ4v) is 1.71. The van der Waals surface area contributed by atoms with Gasteiger partial charge in [-0.1, -0.05) is 23.8 Å². The number of aromatic nitrogens is 1. The van der Waals surface area contributed by atoms with Gasteiger partial charge in [0, 0.05) is 18.4 Å². The number of nitrogens with two attached hydrogens (primary N) is 1. The molecule has 1 heterocycles. The summed E-state index contributed by atoms with van der Waals surface area (Å²) in [5, 5.41) is 3.30. The molecule has 0 saturated heterocycles. The van der Waals surface area contributed by atoms with Crippen molar-refractivity contribution in [2.75, 3.05) is 5.32 Å². The lowest BCUT2D eigenvalue weighted by Crippen LogP contribution is -1.99. The van der Waals surface area contributed by atoms with Crippen molar-refractivity contribution in [3.8, 4) is 0 Å². The van der Waals surface area contributed by atoms with E-state index in [0.717, 1.165) is 17.1 Å². The van der Waals surface area contributed by atoms with Crippen LogP contribution in [0.1, 0.15) is 16.7 Å². The Labute approximate surface area is 102 Å². The molecule has 0 bridgehead atoms. The highest BCUT2D eigenvalue weighted by Gasteiger charge is 2.00. The second-order valence-electron chi connectivity index (χ2n) is 4.20. The minimum atomic E-state index is 0.525. The number of nitrogens with one attached hydrogen (secondary N) is 1. The molecule has 0 fully saturated rings. The van der Waals surface area contributed by atoms with Gasteiger partial charge in [0.25, 0.3) is 0 Å². The maximum atomic E-state index is 5.53. The summed E-state index contributed by atoms with van der Waals surface area (Å²) in [6.07, 6.45) is 1.80. The largest absolute Gasteiger partial charge is 0.340 e. The molecule has 0 amide bonds. The maximum Gasteiger partial charge on any atom is 0.130 e. The lowest BCUT2D eigenvalue weighted by Gasteiger charge is -2.09. The van der Waals surface area contributed by atoms with Crippen LogP contribution in [-0.4, -0.2) is 4.98 Å². The number of rotatable bonds is 3. The average molecular weight is 227 g/mol. The fraction of sp³-hybridized carbons (Fsp3) is 0.214. The third-order valence-electron chi connectivity index (χ3n) is 2.71. The highest BCUT2D eigenvalue weighted by Crippen LogP contribution is 2.20. The fourth-order valence-electron chi connectivity index (χ4n) is 1.71. The molecule has 17 heavy (non-hydrogen) atoms. The van der Waals surface area contributed by atoms with Crippen molar-refractivity contribution in [2.45, 2.75) is 20.4 Å². The molecule has 0 atom stereocenters. The Kier molecular flexibility index (Phi) is 3.40. The molecular formula is C14H17N3.